The van der Waals surface area contributed by atoms with Gasteiger partial charge in [-0.2, -0.15) is 0 Å². The molecule has 0 aliphatic carbocycles. The lowest BCUT2D eigenvalue weighted by Crippen LogP contribution is -1.82. The molecule has 0 spiro atoms. The van der Waals surface area contributed by atoms with Gasteiger partial charge < -0.3 is 4.98 Å². The Bertz CT molecular complexity index is 784. The zero-order valence-corrected chi connectivity index (χ0v) is 12.5. The summed E-state index contributed by atoms with van der Waals surface area (Å²) in [7, 11) is 0. The first-order valence-electron chi connectivity index (χ1n) is 5.35. The van der Waals surface area contributed by atoms with Crippen LogP contribution in [0.25, 0.3) is 22.4 Å². The quantitative estimate of drug-likeness (QED) is 0.623. The molecule has 19 heavy (non-hydrogen) atoms. The van der Waals surface area contributed by atoms with Gasteiger partial charge in [0.1, 0.15) is 17.2 Å². The van der Waals surface area contributed by atoms with Crippen LogP contribution in [0.15, 0.2) is 39.3 Å². The predicted molar refractivity (Wildman–Crippen MR) is 76.8 cm³/mol. The molecule has 0 aliphatic rings. The molecule has 0 bridgehead atoms. The summed E-state index contributed by atoms with van der Waals surface area (Å²) < 4.78 is 28.5. The van der Waals surface area contributed by atoms with Gasteiger partial charge in [-0.3, -0.25) is 0 Å². The summed E-state index contributed by atoms with van der Waals surface area (Å²) in [6.07, 6.45) is 0. The Kier molecular flexibility index (Phi) is 3.14. The summed E-state index contributed by atoms with van der Waals surface area (Å²) in [5.74, 6) is -0.820. The number of aromatic amines is 1. The third kappa shape index (κ3) is 2.30. The summed E-state index contributed by atoms with van der Waals surface area (Å²) in [4.78, 5) is 7.09. The van der Waals surface area contributed by atoms with E-state index in [1.165, 1.54) is 6.07 Å². The van der Waals surface area contributed by atoms with Gasteiger partial charge in [0.05, 0.1) is 5.52 Å². The fourth-order valence-corrected chi connectivity index (χ4v) is 3.09. The second kappa shape index (κ2) is 4.68. The molecule has 0 fully saturated rings. The van der Waals surface area contributed by atoms with Gasteiger partial charge in [0, 0.05) is 20.6 Å². The molecular formula is C13H6Br2F2N2. The van der Waals surface area contributed by atoms with Crippen LogP contribution < -0.4 is 0 Å². The molecule has 96 valence electrons. The molecule has 6 heteroatoms. The van der Waals surface area contributed by atoms with E-state index in [1.807, 2.05) is 18.2 Å². The highest BCUT2D eigenvalue weighted by Crippen LogP contribution is 2.31. The van der Waals surface area contributed by atoms with Crippen molar-refractivity contribution in [1.29, 1.82) is 0 Å². The third-order valence-corrected chi connectivity index (χ3v) is 3.84. The lowest BCUT2D eigenvalue weighted by molar-refractivity contribution is 0.591. The first-order valence-corrected chi connectivity index (χ1v) is 6.93. The number of hydrogen-bond donors (Lipinski definition) is 1. The van der Waals surface area contributed by atoms with Gasteiger partial charge in [0.25, 0.3) is 0 Å². The van der Waals surface area contributed by atoms with Crippen LogP contribution >= 0.6 is 31.9 Å². The molecular weight excluding hydrogens is 382 g/mol. The average Bonchev–Trinajstić information content (AvgIpc) is 2.72. The number of fused-ring (bicyclic) bond motifs is 1. The minimum atomic E-state index is -0.675. The van der Waals surface area contributed by atoms with Gasteiger partial charge >= 0.3 is 0 Å². The van der Waals surface area contributed by atoms with Crippen molar-refractivity contribution in [2.75, 3.05) is 0 Å². The fraction of sp³-hybridized carbons (Fsp3) is 0. The SMILES string of the molecule is Fc1cc(F)c2nc(-c3ccc(Br)cc3Br)[nH]c2c1. The zero-order chi connectivity index (χ0) is 13.6. The lowest BCUT2D eigenvalue weighted by atomic mass is 10.2. The van der Waals surface area contributed by atoms with Crippen molar-refractivity contribution in [3.63, 3.8) is 0 Å². The molecule has 2 aromatic carbocycles. The van der Waals surface area contributed by atoms with Crippen molar-refractivity contribution in [2.24, 2.45) is 0 Å². The van der Waals surface area contributed by atoms with Crippen molar-refractivity contribution >= 4 is 42.9 Å². The maximum atomic E-state index is 13.6. The van der Waals surface area contributed by atoms with E-state index in [0.717, 1.165) is 20.6 Å². The Labute approximate surface area is 124 Å². The monoisotopic (exact) mass is 386 g/mol. The van der Waals surface area contributed by atoms with Gasteiger partial charge in [-0.05, 0) is 40.2 Å². The number of rotatable bonds is 1. The highest BCUT2D eigenvalue weighted by Gasteiger charge is 2.13. The van der Waals surface area contributed by atoms with E-state index in [2.05, 4.69) is 41.8 Å². The largest absolute Gasteiger partial charge is 0.338 e. The van der Waals surface area contributed by atoms with Gasteiger partial charge in [0.15, 0.2) is 5.82 Å². The van der Waals surface area contributed by atoms with E-state index in [4.69, 9.17) is 0 Å². The van der Waals surface area contributed by atoms with Crippen molar-refractivity contribution in [3.05, 3.63) is 50.9 Å². The van der Waals surface area contributed by atoms with Crippen LogP contribution in [0.4, 0.5) is 8.78 Å². The Morgan fingerprint density at radius 1 is 1.05 bits per heavy atom. The summed E-state index contributed by atoms with van der Waals surface area (Å²) in [5, 5.41) is 0. The van der Waals surface area contributed by atoms with Crippen LogP contribution in [-0.2, 0) is 0 Å². The molecule has 0 aliphatic heterocycles. The van der Waals surface area contributed by atoms with E-state index in [-0.39, 0.29) is 5.52 Å². The molecule has 0 radical (unpaired) electrons. The van der Waals surface area contributed by atoms with Gasteiger partial charge in [0.2, 0.25) is 0 Å². The molecule has 2 nitrogen and oxygen atoms in total. The number of halogens is 4. The van der Waals surface area contributed by atoms with Crippen LogP contribution in [0.1, 0.15) is 0 Å². The first-order chi connectivity index (χ1) is 9.04. The van der Waals surface area contributed by atoms with Crippen LogP contribution in [0, 0.1) is 11.6 Å². The molecule has 1 N–H and O–H groups in total. The molecule has 3 rings (SSSR count). The van der Waals surface area contributed by atoms with E-state index in [9.17, 15) is 8.78 Å². The molecule has 1 aromatic heterocycles. The van der Waals surface area contributed by atoms with Gasteiger partial charge in [-0.15, -0.1) is 0 Å². The molecule has 0 saturated heterocycles. The molecule has 0 amide bonds. The molecule has 0 atom stereocenters. The smallest absolute Gasteiger partial charge is 0.153 e. The number of nitrogens with zero attached hydrogens (tertiary/aromatic N) is 1. The van der Waals surface area contributed by atoms with E-state index >= 15 is 0 Å². The van der Waals surface area contributed by atoms with Crippen LogP contribution in [0.3, 0.4) is 0 Å². The molecule has 0 unspecified atom stereocenters. The van der Waals surface area contributed by atoms with Crippen molar-refractivity contribution < 1.29 is 8.78 Å². The highest BCUT2D eigenvalue weighted by atomic mass is 79.9. The van der Waals surface area contributed by atoms with E-state index < -0.39 is 11.6 Å². The normalized spacial score (nSPS) is 11.2. The second-order valence-corrected chi connectivity index (χ2v) is 5.76. The average molecular weight is 388 g/mol. The minimum Gasteiger partial charge on any atom is -0.338 e. The number of nitrogens with one attached hydrogen (secondary N) is 1. The van der Waals surface area contributed by atoms with Crippen molar-refractivity contribution in [3.8, 4) is 11.4 Å². The van der Waals surface area contributed by atoms with Crippen LogP contribution in [-0.4, -0.2) is 9.97 Å². The van der Waals surface area contributed by atoms with E-state index in [1.54, 1.807) is 0 Å². The van der Waals surface area contributed by atoms with Crippen molar-refractivity contribution in [2.45, 2.75) is 0 Å². The summed E-state index contributed by atoms with van der Waals surface area (Å²) >= 11 is 6.77. The number of H-pyrrole nitrogens is 1. The Balaban J connectivity index is 2.23. The maximum absolute atomic E-state index is 13.6. The lowest BCUT2D eigenvalue weighted by Gasteiger charge is -2.00. The number of hydrogen-bond acceptors (Lipinski definition) is 1. The zero-order valence-electron chi connectivity index (χ0n) is 9.35. The Morgan fingerprint density at radius 3 is 2.58 bits per heavy atom. The van der Waals surface area contributed by atoms with Gasteiger partial charge in [-0.25, -0.2) is 13.8 Å². The fourth-order valence-electron chi connectivity index (χ4n) is 1.85. The standard InChI is InChI=1S/C13H6Br2F2N2/c14-6-1-2-8(9(15)3-6)13-18-11-5-7(16)4-10(17)12(11)19-13/h1-5H,(H,18,19). The minimum absolute atomic E-state index is 0.131. The topological polar surface area (TPSA) is 28.7 Å². The van der Waals surface area contributed by atoms with E-state index in [0.29, 0.717) is 11.3 Å². The van der Waals surface area contributed by atoms with Crippen LogP contribution in [0.5, 0.6) is 0 Å². The second-order valence-electron chi connectivity index (χ2n) is 3.99. The number of imidazole rings is 1. The van der Waals surface area contributed by atoms with Gasteiger partial charge in [-0.1, -0.05) is 15.9 Å². The Hall–Kier alpha value is -1.27. The van der Waals surface area contributed by atoms with Crippen LogP contribution in [0.2, 0.25) is 0 Å². The molecule has 0 saturated carbocycles. The summed E-state index contributed by atoms with van der Waals surface area (Å²) in [6.45, 7) is 0. The molecule has 3 aromatic rings. The molecule has 1 heterocycles. The third-order valence-electron chi connectivity index (χ3n) is 2.69. The maximum Gasteiger partial charge on any atom is 0.153 e. The number of aromatic nitrogens is 2. The van der Waals surface area contributed by atoms with Crippen molar-refractivity contribution in [1.82, 2.24) is 9.97 Å². The highest BCUT2D eigenvalue weighted by molar-refractivity contribution is 9.11. The first kappa shape index (κ1) is 12.7. The predicted octanol–water partition coefficient (Wildman–Crippen LogP) is 5.03. The summed E-state index contributed by atoms with van der Waals surface area (Å²) in [6, 6.07) is 7.59. The number of benzene rings is 2. The Morgan fingerprint density at radius 2 is 1.84 bits per heavy atom. The summed E-state index contributed by atoms with van der Waals surface area (Å²) in [5.41, 5.74) is 1.24.